The molecule has 2 heterocycles. The molecule has 0 aliphatic carbocycles. The van der Waals surface area contributed by atoms with Crippen molar-refractivity contribution in [3.05, 3.63) is 16.1 Å². The van der Waals surface area contributed by atoms with E-state index in [-0.39, 0.29) is 30.1 Å². The van der Waals surface area contributed by atoms with Crippen LogP contribution in [0.3, 0.4) is 0 Å². The lowest BCUT2D eigenvalue weighted by Gasteiger charge is -2.30. The van der Waals surface area contributed by atoms with Gasteiger partial charge >= 0.3 is 0 Å². The highest BCUT2D eigenvalue weighted by atomic mass is 127. The zero-order valence-corrected chi connectivity index (χ0v) is 15.9. The Bertz CT molecular complexity index is 454. The summed E-state index contributed by atoms with van der Waals surface area (Å²) in [5.74, 6) is 0.787. The summed E-state index contributed by atoms with van der Waals surface area (Å²) in [6.45, 7) is 6.28. The number of hydrogen-bond acceptors (Lipinski definition) is 5. The predicted molar refractivity (Wildman–Crippen MR) is 97.7 cm³/mol. The number of nitrogens with one attached hydrogen (secondary N) is 2. The summed E-state index contributed by atoms with van der Waals surface area (Å²) in [5, 5.41) is 7.64. The first-order valence-electron chi connectivity index (χ1n) is 6.83. The van der Waals surface area contributed by atoms with Gasteiger partial charge in [0.25, 0.3) is 0 Å². The van der Waals surface area contributed by atoms with E-state index in [2.05, 4.69) is 39.5 Å². The van der Waals surface area contributed by atoms with Gasteiger partial charge in [0.05, 0.1) is 19.3 Å². The first kappa shape index (κ1) is 18.6. The van der Waals surface area contributed by atoms with Gasteiger partial charge in [-0.1, -0.05) is 0 Å². The Balaban J connectivity index is 0.00000220. The maximum Gasteiger partial charge on any atom is 0.191 e. The molecule has 1 saturated heterocycles. The highest BCUT2D eigenvalue weighted by Crippen LogP contribution is 2.10. The third-order valence-electron chi connectivity index (χ3n) is 3.14. The lowest BCUT2D eigenvalue weighted by molar-refractivity contribution is -0.0161. The van der Waals surface area contributed by atoms with Crippen LogP contribution in [-0.2, 0) is 11.3 Å². The Labute approximate surface area is 147 Å². The number of aliphatic imine (C=N–C) groups is 1. The first-order valence-corrected chi connectivity index (χ1v) is 7.65. The molecule has 0 radical (unpaired) electrons. The minimum Gasteiger partial charge on any atom is -0.374 e. The molecule has 8 heteroatoms. The predicted octanol–water partition coefficient (Wildman–Crippen LogP) is 1.07. The fraction of sp³-hybridized carbons (Fsp3) is 0.692. The fourth-order valence-corrected chi connectivity index (χ4v) is 2.79. The number of halogens is 1. The number of aromatic nitrogens is 1. The molecule has 0 amide bonds. The van der Waals surface area contributed by atoms with Crippen LogP contribution in [0.1, 0.15) is 9.88 Å². The van der Waals surface area contributed by atoms with Gasteiger partial charge in [0.2, 0.25) is 0 Å². The average Bonchev–Trinajstić information content (AvgIpc) is 2.85. The first-order chi connectivity index (χ1) is 9.67. The number of aryl methyl sites for hydroxylation is 1. The zero-order valence-electron chi connectivity index (χ0n) is 12.8. The van der Waals surface area contributed by atoms with Gasteiger partial charge < -0.3 is 20.3 Å². The van der Waals surface area contributed by atoms with Gasteiger partial charge in [0.15, 0.2) is 5.96 Å². The van der Waals surface area contributed by atoms with Crippen LogP contribution in [0, 0.1) is 6.92 Å². The topological polar surface area (TPSA) is 61.8 Å². The third kappa shape index (κ3) is 6.45. The van der Waals surface area contributed by atoms with E-state index < -0.39 is 0 Å². The molecule has 120 valence electrons. The Morgan fingerprint density at radius 1 is 1.57 bits per heavy atom. The summed E-state index contributed by atoms with van der Waals surface area (Å²) >= 11 is 1.70. The van der Waals surface area contributed by atoms with Gasteiger partial charge in [-0.15, -0.1) is 35.3 Å². The van der Waals surface area contributed by atoms with Crippen LogP contribution in [0.5, 0.6) is 0 Å². The van der Waals surface area contributed by atoms with Gasteiger partial charge in [-0.05, 0) is 14.0 Å². The van der Waals surface area contributed by atoms with Gasteiger partial charge in [-0.2, -0.15) is 0 Å². The number of guanidine groups is 1. The molecule has 0 spiro atoms. The van der Waals surface area contributed by atoms with E-state index in [1.165, 1.54) is 4.88 Å². The van der Waals surface area contributed by atoms with Crippen molar-refractivity contribution in [1.29, 1.82) is 0 Å². The zero-order chi connectivity index (χ0) is 14.4. The monoisotopic (exact) mass is 425 g/mol. The van der Waals surface area contributed by atoms with E-state index in [0.717, 1.165) is 37.2 Å². The molecule has 1 aliphatic rings. The molecular weight excluding hydrogens is 401 g/mol. The molecule has 1 atom stereocenters. The minimum absolute atomic E-state index is 0. The highest BCUT2D eigenvalue weighted by Gasteiger charge is 2.17. The molecule has 2 N–H and O–H groups in total. The number of hydrogen-bond donors (Lipinski definition) is 2. The second kappa shape index (κ2) is 9.54. The van der Waals surface area contributed by atoms with Crippen LogP contribution < -0.4 is 10.6 Å². The summed E-state index contributed by atoms with van der Waals surface area (Å²) in [5.41, 5.74) is 0. The van der Waals surface area contributed by atoms with E-state index in [1.54, 1.807) is 18.4 Å². The van der Waals surface area contributed by atoms with Gasteiger partial charge in [-0.3, -0.25) is 4.99 Å². The molecule has 0 bridgehead atoms. The van der Waals surface area contributed by atoms with Crippen molar-refractivity contribution in [1.82, 2.24) is 20.5 Å². The van der Waals surface area contributed by atoms with E-state index in [4.69, 9.17) is 4.74 Å². The van der Waals surface area contributed by atoms with Crippen molar-refractivity contribution in [3.63, 3.8) is 0 Å². The van der Waals surface area contributed by atoms with Crippen molar-refractivity contribution in [2.24, 2.45) is 4.99 Å². The molecule has 21 heavy (non-hydrogen) atoms. The highest BCUT2D eigenvalue weighted by molar-refractivity contribution is 14.0. The summed E-state index contributed by atoms with van der Waals surface area (Å²) in [6.07, 6.45) is 2.11. The molecule has 6 nitrogen and oxygen atoms in total. The summed E-state index contributed by atoms with van der Waals surface area (Å²) in [6, 6.07) is 0. The van der Waals surface area contributed by atoms with Gasteiger partial charge in [-0.25, -0.2) is 4.98 Å². The van der Waals surface area contributed by atoms with E-state index in [9.17, 15) is 0 Å². The molecule has 0 saturated carbocycles. The Hall–Kier alpha value is -0.450. The van der Waals surface area contributed by atoms with E-state index >= 15 is 0 Å². The van der Waals surface area contributed by atoms with E-state index in [0.29, 0.717) is 6.54 Å². The van der Waals surface area contributed by atoms with Crippen molar-refractivity contribution in [2.45, 2.75) is 19.6 Å². The van der Waals surface area contributed by atoms with Gasteiger partial charge in [0.1, 0.15) is 5.01 Å². The number of thiazole rings is 1. The maximum absolute atomic E-state index is 5.71. The number of morpholine rings is 1. The molecule has 0 aromatic carbocycles. The SMILES string of the molecule is CN=C(NCc1ncc(C)s1)NCC1CN(C)CCO1.I. The van der Waals surface area contributed by atoms with Crippen molar-refractivity contribution >= 4 is 41.3 Å². The minimum atomic E-state index is 0. The van der Waals surface area contributed by atoms with E-state index in [1.807, 2.05) is 6.20 Å². The van der Waals surface area contributed by atoms with Crippen LogP contribution in [0.25, 0.3) is 0 Å². The molecular formula is C13H24IN5OS. The standard InChI is InChI=1S/C13H23N5OS.HI/c1-10-6-15-12(20-10)8-17-13(14-2)16-7-11-9-18(3)4-5-19-11;/h6,11H,4-5,7-9H2,1-3H3,(H2,14,16,17);1H. The Morgan fingerprint density at radius 2 is 2.38 bits per heavy atom. The van der Waals surface area contributed by atoms with Crippen LogP contribution in [0.2, 0.25) is 0 Å². The quantitative estimate of drug-likeness (QED) is 0.430. The summed E-state index contributed by atoms with van der Waals surface area (Å²) in [7, 11) is 3.89. The Morgan fingerprint density at radius 3 is 3.00 bits per heavy atom. The van der Waals surface area contributed by atoms with Gasteiger partial charge in [0, 0.05) is 37.8 Å². The number of likely N-dealkylation sites (N-methyl/N-ethyl adjacent to an activating group) is 1. The fourth-order valence-electron chi connectivity index (χ4n) is 2.06. The normalized spacial score (nSPS) is 20.0. The number of rotatable bonds is 4. The maximum atomic E-state index is 5.71. The second-order valence-electron chi connectivity index (χ2n) is 4.93. The van der Waals surface area contributed by atoms with Crippen LogP contribution in [0.15, 0.2) is 11.2 Å². The lowest BCUT2D eigenvalue weighted by Crippen LogP contribution is -2.48. The number of ether oxygens (including phenoxy) is 1. The molecule has 1 aromatic rings. The molecule has 1 aliphatic heterocycles. The van der Waals surface area contributed by atoms with Crippen LogP contribution >= 0.6 is 35.3 Å². The average molecular weight is 425 g/mol. The molecule has 1 aromatic heterocycles. The third-order valence-corrected chi connectivity index (χ3v) is 4.05. The van der Waals surface area contributed by atoms with Crippen molar-refractivity contribution < 1.29 is 4.74 Å². The largest absolute Gasteiger partial charge is 0.374 e. The Kier molecular flexibility index (Phi) is 8.45. The van der Waals surface area contributed by atoms with Crippen molar-refractivity contribution in [2.75, 3.05) is 40.3 Å². The van der Waals surface area contributed by atoms with Crippen LogP contribution in [0.4, 0.5) is 0 Å². The van der Waals surface area contributed by atoms with Crippen molar-refractivity contribution in [3.8, 4) is 0 Å². The van der Waals surface area contributed by atoms with Crippen LogP contribution in [-0.4, -0.2) is 62.3 Å². The molecule has 2 rings (SSSR count). The molecule has 1 fully saturated rings. The molecule has 1 unspecified atom stereocenters. The lowest BCUT2D eigenvalue weighted by atomic mass is 10.3. The smallest absolute Gasteiger partial charge is 0.191 e. The summed E-state index contributed by atoms with van der Waals surface area (Å²) in [4.78, 5) is 12.0. The second-order valence-corrected chi connectivity index (χ2v) is 6.25. The number of nitrogens with zero attached hydrogens (tertiary/aromatic N) is 3. The summed E-state index contributed by atoms with van der Waals surface area (Å²) < 4.78 is 5.71.